The van der Waals surface area contributed by atoms with E-state index < -0.39 is 17.8 Å². The molecule has 0 fully saturated rings. The van der Waals surface area contributed by atoms with Gasteiger partial charge in [-0.05, 0) is 36.2 Å². The molecule has 1 aliphatic rings. The lowest BCUT2D eigenvalue weighted by molar-refractivity contribution is 0.0938. The topological polar surface area (TPSA) is 67.8 Å². The van der Waals surface area contributed by atoms with Gasteiger partial charge in [0.15, 0.2) is 11.5 Å². The summed E-state index contributed by atoms with van der Waals surface area (Å²) >= 11 is 5.84. The van der Waals surface area contributed by atoms with E-state index in [0.29, 0.717) is 17.1 Å². The molecule has 0 spiro atoms. The summed E-state index contributed by atoms with van der Waals surface area (Å²) in [5, 5.41) is 12.8. The normalized spacial score (nSPS) is 13.6. The lowest BCUT2D eigenvalue weighted by Crippen LogP contribution is -2.26. The number of amides is 1. The van der Waals surface area contributed by atoms with Gasteiger partial charge in [-0.1, -0.05) is 23.7 Å². The summed E-state index contributed by atoms with van der Waals surface area (Å²) in [5.41, 5.74) is 0.453. The van der Waals surface area contributed by atoms with Gasteiger partial charge in [-0.2, -0.15) is 0 Å². The molecule has 2 N–H and O–H groups in total. The van der Waals surface area contributed by atoms with Gasteiger partial charge in [-0.15, -0.1) is 0 Å². The molecule has 2 aromatic carbocycles. The Morgan fingerprint density at radius 3 is 2.88 bits per heavy atom. The van der Waals surface area contributed by atoms with Crippen LogP contribution in [0.2, 0.25) is 5.02 Å². The molecule has 1 amide bonds. The number of rotatable bonds is 5. The van der Waals surface area contributed by atoms with Gasteiger partial charge >= 0.3 is 0 Å². The predicted molar refractivity (Wildman–Crippen MR) is 85.9 cm³/mol. The fourth-order valence-electron chi connectivity index (χ4n) is 2.41. The van der Waals surface area contributed by atoms with Crippen LogP contribution in [0.1, 0.15) is 28.4 Å². The Balaban J connectivity index is 1.57. The van der Waals surface area contributed by atoms with Gasteiger partial charge in [-0.25, -0.2) is 4.39 Å². The van der Waals surface area contributed by atoms with Crippen molar-refractivity contribution < 1.29 is 23.8 Å². The minimum absolute atomic E-state index is 0.0452. The van der Waals surface area contributed by atoms with Gasteiger partial charge in [-0.3, -0.25) is 4.79 Å². The first kappa shape index (κ1) is 16.5. The first-order valence-corrected chi connectivity index (χ1v) is 7.74. The van der Waals surface area contributed by atoms with Gasteiger partial charge in [0.1, 0.15) is 5.82 Å². The van der Waals surface area contributed by atoms with Crippen LogP contribution in [0.5, 0.6) is 11.5 Å². The number of benzene rings is 2. The number of ether oxygens (including phenoxy) is 2. The van der Waals surface area contributed by atoms with Crippen LogP contribution in [0.3, 0.4) is 0 Å². The van der Waals surface area contributed by atoms with Crippen molar-refractivity contribution in [1.82, 2.24) is 5.32 Å². The fraction of sp³-hybridized carbons (Fsp3) is 0.235. The van der Waals surface area contributed by atoms with E-state index in [4.69, 9.17) is 21.1 Å². The smallest absolute Gasteiger partial charge is 0.255 e. The quantitative estimate of drug-likeness (QED) is 0.868. The molecule has 0 unspecified atom stereocenters. The molecule has 5 nitrogen and oxygen atoms in total. The van der Waals surface area contributed by atoms with E-state index in [0.717, 1.165) is 0 Å². The first-order valence-electron chi connectivity index (χ1n) is 7.36. The van der Waals surface area contributed by atoms with Crippen LogP contribution in [0.25, 0.3) is 0 Å². The second-order valence-electron chi connectivity index (χ2n) is 5.27. The van der Waals surface area contributed by atoms with E-state index in [2.05, 4.69) is 5.32 Å². The van der Waals surface area contributed by atoms with Gasteiger partial charge in [0.05, 0.1) is 16.7 Å². The second kappa shape index (κ2) is 7.07. The molecule has 1 heterocycles. The number of carbonyl (C=O) groups is 1. The number of fused-ring (bicyclic) bond motifs is 1. The fourth-order valence-corrected chi connectivity index (χ4v) is 2.66. The van der Waals surface area contributed by atoms with E-state index in [1.807, 2.05) is 0 Å². The number of aliphatic hydroxyl groups is 1. The maximum absolute atomic E-state index is 13.7. The molecule has 24 heavy (non-hydrogen) atoms. The number of hydrogen-bond acceptors (Lipinski definition) is 4. The molecule has 3 rings (SSSR count). The Morgan fingerprint density at radius 2 is 2.08 bits per heavy atom. The summed E-state index contributed by atoms with van der Waals surface area (Å²) in [6.45, 7) is 0.327. The maximum atomic E-state index is 13.7. The molecule has 0 saturated heterocycles. The number of carbonyl (C=O) groups excluding carboxylic acids is 1. The van der Waals surface area contributed by atoms with Crippen molar-refractivity contribution in [3.05, 3.63) is 58.4 Å². The summed E-state index contributed by atoms with van der Waals surface area (Å²) in [7, 11) is 0. The van der Waals surface area contributed by atoms with Crippen LogP contribution in [0, 0.1) is 5.82 Å². The van der Waals surface area contributed by atoms with Gasteiger partial charge in [0, 0.05) is 6.54 Å². The lowest BCUT2D eigenvalue weighted by Gasteiger charge is -2.13. The van der Waals surface area contributed by atoms with Crippen molar-refractivity contribution in [2.45, 2.75) is 12.5 Å². The highest BCUT2D eigenvalue weighted by Crippen LogP contribution is 2.34. The summed E-state index contributed by atoms with van der Waals surface area (Å²) in [6, 6.07) is 9.19. The third kappa shape index (κ3) is 3.44. The highest BCUT2D eigenvalue weighted by Gasteiger charge is 2.18. The van der Waals surface area contributed by atoms with Crippen molar-refractivity contribution in [3.63, 3.8) is 0 Å². The first-order chi connectivity index (χ1) is 11.6. The summed E-state index contributed by atoms with van der Waals surface area (Å²) < 4.78 is 24.1. The third-order valence-electron chi connectivity index (χ3n) is 3.67. The van der Waals surface area contributed by atoms with Crippen LogP contribution < -0.4 is 14.8 Å². The van der Waals surface area contributed by atoms with E-state index in [-0.39, 0.29) is 30.3 Å². The summed E-state index contributed by atoms with van der Waals surface area (Å²) in [6.07, 6.45) is -0.534. The molecule has 0 radical (unpaired) electrons. The number of halogens is 2. The standard InChI is InChI=1S/C17H15ClFNO4/c18-11-2-1-3-12(19)16(11)17(22)20-7-6-13(21)10-4-5-14-15(8-10)24-9-23-14/h1-5,8,13,21H,6-7,9H2,(H,20,22)/t13-/m1/s1. The SMILES string of the molecule is O=C(NCC[C@@H](O)c1ccc2c(c1)OCO2)c1c(F)cccc1Cl. The molecule has 0 aromatic heterocycles. The van der Waals surface area contributed by atoms with Crippen molar-refractivity contribution in [3.8, 4) is 11.5 Å². The number of aliphatic hydroxyl groups excluding tert-OH is 1. The highest BCUT2D eigenvalue weighted by molar-refractivity contribution is 6.33. The van der Waals surface area contributed by atoms with Crippen LogP contribution >= 0.6 is 11.6 Å². The molecule has 0 bridgehead atoms. The van der Waals surface area contributed by atoms with Crippen LogP contribution in [0.4, 0.5) is 4.39 Å². The van der Waals surface area contributed by atoms with Crippen molar-refractivity contribution in [1.29, 1.82) is 0 Å². The van der Waals surface area contributed by atoms with Crippen LogP contribution in [-0.2, 0) is 0 Å². The molecule has 7 heteroatoms. The molecule has 1 aliphatic heterocycles. The molecule has 2 aromatic rings. The highest BCUT2D eigenvalue weighted by atomic mass is 35.5. The zero-order chi connectivity index (χ0) is 17.1. The van der Waals surface area contributed by atoms with E-state index >= 15 is 0 Å². The zero-order valence-corrected chi connectivity index (χ0v) is 13.3. The Hall–Kier alpha value is -2.31. The average molecular weight is 352 g/mol. The van der Waals surface area contributed by atoms with E-state index in [9.17, 15) is 14.3 Å². The largest absolute Gasteiger partial charge is 0.454 e. The predicted octanol–water partition coefficient (Wildman–Crippen LogP) is 3.06. The third-order valence-corrected chi connectivity index (χ3v) is 3.99. The Morgan fingerprint density at radius 1 is 1.29 bits per heavy atom. The Labute approximate surface area is 143 Å². The monoisotopic (exact) mass is 351 g/mol. The number of nitrogens with one attached hydrogen (secondary N) is 1. The van der Waals surface area contributed by atoms with Gasteiger partial charge in [0.25, 0.3) is 5.91 Å². The van der Waals surface area contributed by atoms with E-state index in [1.165, 1.54) is 18.2 Å². The minimum Gasteiger partial charge on any atom is -0.454 e. The van der Waals surface area contributed by atoms with Crippen molar-refractivity contribution >= 4 is 17.5 Å². The Bertz CT molecular complexity index is 748. The molecule has 126 valence electrons. The average Bonchev–Trinajstić information content (AvgIpc) is 3.02. The summed E-state index contributed by atoms with van der Waals surface area (Å²) in [4.78, 5) is 12.0. The molecule has 0 saturated carbocycles. The lowest BCUT2D eigenvalue weighted by atomic mass is 10.1. The van der Waals surface area contributed by atoms with Crippen LogP contribution in [0.15, 0.2) is 36.4 Å². The van der Waals surface area contributed by atoms with Crippen LogP contribution in [-0.4, -0.2) is 24.4 Å². The van der Waals surface area contributed by atoms with Crippen molar-refractivity contribution in [2.75, 3.05) is 13.3 Å². The van der Waals surface area contributed by atoms with Crippen molar-refractivity contribution in [2.24, 2.45) is 0 Å². The minimum atomic E-state index is -0.795. The second-order valence-corrected chi connectivity index (χ2v) is 5.68. The summed E-state index contributed by atoms with van der Waals surface area (Å²) in [5.74, 6) is -0.0884. The van der Waals surface area contributed by atoms with Gasteiger partial charge < -0.3 is 19.9 Å². The molecular weight excluding hydrogens is 337 g/mol. The molecule has 0 aliphatic carbocycles. The number of hydrogen-bond donors (Lipinski definition) is 2. The van der Waals surface area contributed by atoms with E-state index in [1.54, 1.807) is 18.2 Å². The Kier molecular flexibility index (Phi) is 4.87. The zero-order valence-electron chi connectivity index (χ0n) is 12.6. The molecule has 1 atom stereocenters. The molecular formula is C17H15ClFNO4. The maximum Gasteiger partial charge on any atom is 0.255 e. The van der Waals surface area contributed by atoms with Gasteiger partial charge in [0.2, 0.25) is 6.79 Å².